The van der Waals surface area contributed by atoms with Crippen LogP contribution in [-0.2, 0) is 9.53 Å². The number of rotatable bonds is 4. The van der Waals surface area contributed by atoms with Crippen LogP contribution in [0.3, 0.4) is 0 Å². The summed E-state index contributed by atoms with van der Waals surface area (Å²) in [6.45, 7) is 2.22. The number of carbonyl (C=O) groups excluding carboxylic acids is 1. The molecule has 0 spiro atoms. The van der Waals surface area contributed by atoms with E-state index in [2.05, 4.69) is 5.32 Å². The SMILES string of the molecule is CN(C(=O)COC1CCCNC1)C1CC1. The predicted octanol–water partition coefficient (Wildman–Crippen LogP) is 0.376. The van der Waals surface area contributed by atoms with Crippen molar-refractivity contribution >= 4 is 5.91 Å². The first-order chi connectivity index (χ1) is 7.27. The van der Waals surface area contributed by atoms with E-state index in [-0.39, 0.29) is 18.6 Å². The minimum absolute atomic E-state index is 0.128. The average molecular weight is 212 g/mol. The van der Waals surface area contributed by atoms with Gasteiger partial charge in [-0.15, -0.1) is 0 Å². The topological polar surface area (TPSA) is 41.6 Å². The van der Waals surface area contributed by atoms with Gasteiger partial charge in [-0.05, 0) is 32.2 Å². The molecule has 2 rings (SSSR count). The van der Waals surface area contributed by atoms with Crippen molar-refractivity contribution in [2.45, 2.75) is 37.8 Å². The molecule has 0 radical (unpaired) electrons. The quantitative estimate of drug-likeness (QED) is 0.732. The van der Waals surface area contributed by atoms with Crippen LogP contribution in [-0.4, -0.2) is 49.7 Å². The maximum atomic E-state index is 11.6. The Hall–Kier alpha value is -0.610. The molecular weight excluding hydrogens is 192 g/mol. The summed E-state index contributed by atoms with van der Waals surface area (Å²) in [4.78, 5) is 13.5. The van der Waals surface area contributed by atoms with Gasteiger partial charge in [0.2, 0.25) is 5.91 Å². The maximum Gasteiger partial charge on any atom is 0.248 e. The summed E-state index contributed by atoms with van der Waals surface area (Å²) in [5, 5.41) is 3.27. The van der Waals surface area contributed by atoms with Crippen LogP contribution < -0.4 is 5.32 Å². The fourth-order valence-electron chi connectivity index (χ4n) is 1.92. The molecule has 4 nitrogen and oxygen atoms in total. The van der Waals surface area contributed by atoms with E-state index >= 15 is 0 Å². The molecule has 1 saturated carbocycles. The molecule has 1 saturated heterocycles. The Labute approximate surface area is 91.0 Å². The highest BCUT2D eigenvalue weighted by molar-refractivity contribution is 5.77. The van der Waals surface area contributed by atoms with E-state index in [9.17, 15) is 4.79 Å². The Morgan fingerprint density at radius 2 is 2.27 bits per heavy atom. The minimum atomic E-state index is 0.128. The Bertz CT molecular complexity index is 223. The van der Waals surface area contributed by atoms with Crippen molar-refractivity contribution in [3.8, 4) is 0 Å². The molecule has 1 amide bonds. The van der Waals surface area contributed by atoms with Gasteiger partial charge in [0.25, 0.3) is 0 Å². The third kappa shape index (κ3) is 3.18. The lowest BCUT2D eigenvalue weighted by Gasteiger charge is -2.24. The first-order valence-corrected chi connectivity index (χ1v) is 5.85. The van der Waals surface area contributed by atoms with E-state index < -0.39 is 0 Å². The van der Waals surface area contributed by atoms with Crippen molar-refractivity contribution in [1.82, 2.24) is 10.2 Å². The molecule has 2 fully saturated rings. The number of nitrogens with zero attached hydrogens (tertiary/aromatic N) is 1. The minimum Gasteiger partial charge on any atom is -0.367 e. The van der Waals surface area contributed by atoms with Crippen LogP contribution in [0.15, 0.2) is 0 Å². The summed E-state index contributed by atoms with van der Waals surface area (Å²) in [5.41, 5.74) is 0. The monoisotopic (exact) mass is 212 g/mol. The van der Waals surface area contributed by atoms with Crippen LogP contribution in [0.1, 0.15) is 25.7 Å². The zero-order valence-electron chi connectivity index (χ0n) is 9.37. The predicted molar refractivity (Wildman–Crippen MR) is 57.6 cm³/mol. The lowest BCUT2D eigenvalue weighted by molar-refractivity contribution is -0.137. The number of likely N-dealkylation sites (N-methyl/N-ethyl adjacent to an activating group) is 1. The largest absolute Gasteiger partial charge is 0.367 e. The third-order valence-corrected chi connectivity index (χ3v) is 3.18. The van der Waals surface area contributed by atoms with Gasteiger partial charge < -0.3 is 15.0 Å². The summed E-state index contributed by atoms with van der Waals surface area (Å²) in [5.74, 6) is 0.128. The standard InChI is InChI=1S/C11H20N2O2/c1-13(9-4-5-9)11(14)8-15-10-3-2-6-12-7-10/h9-10,12H,2-8H2,1H3. The summed E-state index contributed by atoms with van der Waals surface area (Å²) in [6, 6.07) is 0.491. The van der Waals surface area contributed by atoms with Gasteiger partial charge in [0.05, 0.1) is 6.10 Å². The van der Waals surface area contributed by atoms with Crippen LogP contribution >= 0.6 is 0 Å². The number of amides is 1. The van der Waals surface area contributed by atoms with Gasteiger partial charge in [0.1, 0.15) is 6.61 Å². The highest BCUT2D eigenvalue weighted by Gasteiger charge is 2.29. The molecule has 0 aromatic heterocycles. The summed E-state index contributed by atoms with van der Waals surface area (Å²) < 4.78 is 5.59. The Morgan fingerprint density at radius 1 is 1.47 bits per heavy atom. The molecule has 15 heavy (non-hydrogen) atoms. The van der Waals surface area contributed by atoms with Crippen molar-refractivity contribution in [3.63, 3.8) is 0 Å². The molecule has 1 aliphatic carbocycles. The molecule has 1 heterocycles. The highest BCUT2D eigenvalue weighted by atomic mass is 16.5. The molecule has 1 unspecified atom stereocenters. The third-order valence-electron chi connectivity index (χ3n) is 3.18. The summed E-state index contributed by atoms with van der Waals surface area (Å²) in [6.07, 6.45) is 4.78. The van der Waals surface area contributed by atoms with E-state index in [1.54, 1.807) is 0 Å². The number of carbonyl (C=O) groups is 1. The zero-order chi connectivity index (χ0) is 10.7. The molecule has 2 aliphatic rings. The van der Waals surface area contributed by atoms with Gasteiger partial charge in [-0.2, -0.15) is 0 Å². The lowest BCUT2D eigenvalue weighted by atomic mass is 10.1. The lowest BCUT2D eigenvalue weighted by Crippen LogP contribution is -2.39. The maximum absolute atomic E-state index is 11.6. The normalized spacial score (nSPS) is 26.3. The van der Waals surface area contributed by atoms with E-state index in [1.807, 2.05) is 11.9 Å². The first-order valence-electron chi connectivity index (χ1n) is 5.85. The van der Waals surface area contributed by atoms with Crippen molar-refractivity contribution in [2.75, 3.05) is 26.7 Å². The van der Waals surface area contributed by atoms with Crippen LogP contribution in [0.4, 0.5) is 0 Å². The molecule has 1 aliphatic heterocycles. The van der Waals surface area contributed by atoms with Gasteiger partial charge >= 0.3 is 0 Å². The molecule has 1 N–H and O–H groups in total. The van der Waals surface area contributed by atoms with Gasteiger partial charge in [0, 0.05) is 19.6 Å². The second-order valence-electron chi connectivity index (χ2n) is 4.52. The molecule has 0 bridgehead atoms. The zero-order valence-corrected chi connectivity index (χ0v) is 9.37. The number of hydrogen-bond acceptors (Lipinski definition) is 3. The summed E-state index contributed by atoms with van der Waals surface area (Å²) >= 11 is 0. The van der Waals surface area contributed by atoms with Crippen molar-refractivity contribution in [3.05, 3.63) is 0 Å². The second kappa shape index (κ2) is 4.94. The Kier molecular flexibility index (Phi) is 3.59. The number of hydrogen-bond donors (Lipinski definition) is 1. The molecule has 86 valence electrons. The molecular formula is C11H20N2O2. The molecule has 1 atom stereocenters. The number of nitrogens with one attached hydrogen (secondary N) is 1. The Morgan fingerprint density at radius 3 is 2.87 bits per heavy atom. The van der Waals surface area contributed by atoms with Crippen LogP contribution in [0.2, 0.25) is 0 Å². The average Bonchev–Trinajstić information content (AvgIpc) is 3.10. The smallest absolute Gasteiger partial charge is 0.248 e. The van der Waals surface area contributed by atoms with Gasteiger partial charge in [-0.3, -0.25) is 4.79 Å². The number of piperidine rings is 1. The fraction of sp³-hybridized carbons (Fsp3) is 0.909. The van der Waals surface area contributed by atoms with E-state index in [1.165, 1.54) is 0 Å². The van der Waals surface area contributed by atoms with Crippen molar-refractivity contribution < 1.29 is 9.53 Å². The van der Waals surface area contributed by atoms with Gasteiger partial charge in [-0.1, -0.05) is 0 Å². The highest BCUT2D eigenvalue weighted by Crippen LogP contribution is 2.25. The van der Waals surface area contributed by atoms with Gasteiger partial charge in [0.15, 0.2) is 0 Å². The van der Waals surface area contributed by atoms with Crippen LogP contribution in [0.5, 0.6) is 0 Å². The summed E-state index contributed by atoms with van der Waals surface area (Å²) in [7, 11) is 1.88. The molecule has 0 aromatic rings. The fourth-order valence-corrected chi connectivity index (χ4v) is 1.92. The molecule has 4 heteroatoms. The van der Waals surface area contributed by atoms with Crippen LogP contribution in [0.25, 0.3) is 0 Å². The number of ether oxygens (including phenoxy) is 1. The van der Waals surface area contributed by atoms with E-state index in [4.69, 9.17) is 4.74 Å². The Balaban J connectivity index is 1.65. The van der Waals surface area contributed by atoms with Crippen LogP contribution in [0, 0.1) is 0 Å². The second-order valence-corrected chi connectivity index (χ2v) is 4.52. The first kappa shape index (κ1) is 10.9. The molecule has 0 aromatic carbocycles. The van der Waals surface area contributed by atoms with Gasteiger partial charge in [-0.25, -0.2) is 0 Å². The van der Waals surface area contributed by atoms with E-state index in [0.29, 0.717) is 6.04 Å². The van der Waals surface area contributed by atoms with Crippen molar-refractivity contribution in [1.29, 1.82) is 0 Å². The van der Waals surface area contributed by atoms with E-state index in [0.717, 1.165) is 38.8 Å². The van der Waals surface area contributed by atoms with Crippen molar-refractivity contribution in [2.24, 2.45) is 0 Å².